The number of nitrogens with two attached hydrogens (primary N) is 1. The average Bonchev–Trinajstić information content (AvgIpc) is 2.86. The molecule has 5 N–H and O–H groups in total. The highest BCUT2D eigenvalue weighted by atomic mass is 16.5. The summed E-state index contributed by atoms with van der Waals surface area (Å²) in [7, 11) is 0. The molecule has 2 aromatic carbocycles. The van der Waals surface area contributed by atoms with Gasteiger partial charge in [0.15, 0.2) is 0 Å². The summed E-state index contributed by atoms with van der Waals surface area (Å²) < 4.78 is 5.84. The quantitative estimate of drug-likeness (QED) is 0.296. The largest absolute Gasteiger partial charge is 0.457 e. The molecule has 0 spiro atoms. The van der Waals surface area contributed by atoms with Crippen molar-refractivity contribution in [1.82, 2.24) is 15.3 Å². The number of carbonyl (C=O) groups is 1. The van der Waals surface area contributed by atoms with E-state index in [0.29, 0.717) is 22.7 Å². The van der Waals surface area contributed by atoms with Crippen LogP contribution in [0.2, 0.25) is 0 Å². The summed E-state index contributed by atoms with van der Waals surface area (Å²) >= 11 is 0. The van der Waals surface area contributed by atoms with E-state index in [0.717, 1.165) is 31.4 Å². The lowest BCUT2D eigenvalue weighted by molar-refractivity contribution is -0.117. The molecular weight excluding hydrogens is 428 g/mol. The Bertz CT molecular complexity index is 1160. The number of ether oxygens (including phenoxy) is 1. The van der Waals surface area contributed by atoms with Crippen LogP contribution in [0, 0.1) is 5.41 Å². The first-order chi connectivity index (χ1) is 16.5. The first-order valence-corrected chi connectivity index (χ1v) is 11.3. The van der Waals surface area contributed by atoms with Crippen molar-refractivity contribution < 1.29 is 9.53 Å². The highest BCUT2D eigenvalue weighted by Gasteiger charge is 2.24. The van der Waals surface area contributed by atoms with Crippen molar-refractivity contribution in [2.75, 3.05) is 11.1 Å². The van der Waals surface area contributed by atoms with Crippen LogP contribution in [-0.2, 0) is 4.79 Å². The summed E-state index contributed by atoms with van der Waals surface area (Å²) in [6, 6.07) is 17.1. The van der Waals surface area contributed by atoms with Gasteiger partial charge in [0, 0.05) is 17.6 Å². The lowest BCUT2D eigenvalue weighted by Crippen LogP contribution is -2.39. The third-order valence-electron chi connectivity index (χ3n) is 5.85. The Balaban J connectivity index is 1.45. The molecule has 1 heterocycles. The average molecular weight is 457 g/mol. The Kier molecular flexibility index (Phi) is 7.17. The lowest BCUT2D eigenvalue weighted by atomic mass is 9.91. The second kappa shape index (κ2) is 10.6. The van der Waals surface area contributed by atoms with Crippen LogP contribution in [0.15, 0.2) is 73.6 Å². The van der Waals surface area contributed by atoms with Crippen LogP contribution < -0.4 is 21.1 Å². The first-order valence-electron chi connectivity index (χ1n) is 11.3. The molecule has 34 heavy (non-hydrogen) atoms. The number of carbonyl (C=O) groups excluding carboxylic acids is 1. The van der Waals surface area contributed by atoms with E-state index in [9.17, 15) is 4.79 Å². The minimum Gasteiger partial charge on any atom is -0.457 e. The standard InChI is InChI=1S/C26H28N6O2/c1-2-22(33)31-18-10-12-19(13-11-18)32-26-23(25(28)29-16-30-26)24(27)17-8-14-21(15-9-17)34-20-6-4-3-5-7-20/h2-9,14-16,18-19,27H,1,10-13H2,(H,31,33)(H3,28,29,30,32). The highest BCUT2D eigenvalue weighted by molar-refractivity contribution is 6.16. The fraction of sp³-hybridized carbons (Fsp3) is 0.231. The number of amides is 1. The maximum Gasteiger partial charge on any atom is 0.243 e. The van der Waals surface area contributed by atoms with Gasteiger partial charge >= 0.3 is 0 Å². The molecular formula is C26H28N6O2. The van der Waals surface area contributed by atoms with Crippen LogP contribution in [0.5, 0.6) is 11.5 Å². The number of rotatable bonds is 8. The molecule has 1 saturated carbocycles. The normalized spacial score (nSPS) is 17.4. The van der Waals surface area contributed by atoms with Crippen molar-refractivity contribution in [3.8, 4) is 11.5 Å². The number of hydrogen-bond acceptors (Lipinski definition) is 7. The summed E-state index contributed by atoms with van der Waals surface area (Å²) in [5.41, 5.74) is 7.57. The fourth-order valence-electron chi connectivity index (χ4n) is 4.05. The Labute approximate surface area is 198 Å². The molecule has 0 atom stereocenters. The first kappa shape index (κ1) is 23.0. The van der Waals surface area contributed by atoms with Crippen LogP contribution in [-0.4, -0.2) is 33.7 Å². The Morgan fingerprint density at radius 2 is 1.65 bits per heavy atom. The highest BCUT2D eigenvalue weighted by Crippen LogP contribution is 2.28. The smallest absolute Gasteiger partial charge is 0.243 e. The number of nitrogens with zero attached hydrogens (tertiary/aromatic N) is 2. The fourth-order valence-corrected chi connectivity index (χ4v) is 4.05. The van der Waals surface area contributed by atoms with Crippen LogP contribution in [0.3, 0.4) is 0 Å². The van der Waals surface area contributed by atoms with Gasteiger partial charge in [-0.15, -0.1) is 0 Å². The minimum absolute atomic E-state index is 0.143. The zero-order chi connectivity index (χ0) is 23.9. The molecule has 1 aliphatic rings. The minimum atomic E-state index is -0.143. The summed E-state index contributed by atoms with van der Waals surface area (Å²) in [5.74, 6) is 2.07. The molecule has 4 rings (SSSR count). The van der Waals surface area contributed by atoms with E-state index < -0.39 is 0 Å². The molecule has 1 aliphatic carbocycles. The maximum atomic E-state index is 11.5. The van der Waals surface area contributed by atoms with E-state index >= 15 is 0 Å². The number of nitrogen functional groups attached to an aromatic ring is 1. The second-order valence-corrected chi connectivity index (χ2v) is 8.20. The summed E-state index contributed by atoms with van der Waals surface area (Å²) in [5, 5.41) is 15.2. The van der Waals surface area contributed by atoms with E-state index in [1.165, 1.54) is 12.4 Å². The molecule has 174 valence electrons. The third-order valence-corrected chi connectivity index (χ3v) is 5.85. The van der Waals surface area contributed by atoms with Crippen molar-refractivity contribution in [2.45, 2.75) is 37.8 Å². The number of anilines is 2. The summed E-state index contributed by atoms with van der Waals surface area (Å²) in [6.45, 7) is 3.50. The van der Waals surface area contributed by atoms with Crippen LogP contribution in [0.4, 0.5) is 11.6 Å². The second-order valence-electron chi connectivity index (χ2n) is 8.20. The van der Waals surface area contributed by atoms with Crippen molar-refractivity contribution in [1.29, 1.82) is 5.41 Å². The zero-order valence-electron chi connectivity index (χ0n) is 18.8. The van der Waals surface area contributed by atoms with Crippen LogP contribution in [0.1, 0.15) is 36.8 Å². The number of para-hydroxylation sites is 1. The number of hydrogen-bond donors (Lipinski definition) is 4. The van der Waals surface area contributed by atoms with Gasteiger partial charge in [-0.3, -0.25) is 10.2 Å². The molecule has 0 bridgehead atoms. The van der Waals surface area contributed by atoms with Gasteiger partial charge in [-0.1, -0.05) is 24.8 Å². The summed E-state index contributed by atoms with van der Waals surface area (Å²) in [4.78, 5) is 20.0. The predicted molar refractivity (Wildman–Crippen MR) is 133 cm³/mol. The lowest BCUT2D eigenvalue weighted by Gasteiger charge is -2.30. The molecule has 8 heteroatoms. The molecule has 0 unspecified atom stereocenters. The van der Waals surface area contributed by atoms with Crippen molar-refractivity contribution in [2.24, 2.45) is 0 Å². The summed E-state index contributed by atoms with van der Waals surface area (Å²) in [6.07, 6.45) is 6.14. The van der Waals surface area contributed by atoms with Gasteiger partial charge in [-0.2, -0.15) is 0 Å². The van der Waals surface area contributed by atoms with Crippen molar-refractivity contribution in [3.05, 3.63) is 84.7 Å². The SMILES string of the molecule is C=CC(=O)NC1CCC(Nc2ncnc(N)c2C(=N)c2ccc(Oc3ccccc3)cc2)CC1. The van der Waals surface area contributed by atoms with E-state index in [2.05, 4.69) is 27.2 Å². The van der Waals surface area contributed by atoms with Gasteiger partial charge in [-0.25, -0.2) is 9.97 Å². The predicted octanol–water partition coefficient (Wildman–Crippen LogP) is 4.29. The maximum absolute atomic E-state index is 11.5. The molecule has 1 fully saturated rings. The van der Waals surface area contributed by atoms with E-state index in [1.54, 1.807) is 0 Å². The van der Waals surface area contributed by atoms with Crippen molar-refractivity contribution in [3.63, 3.8) is 0 Å². The van der Waals surface area contributed by atoms with Crippen molar-refractivity contribution >= 4 is 23.3 Å². The van der Waals surface area contributed by atoms with E-state index in [4.69, 9.17) is 15.9 Å². The number of nitrogens with one attached hydrogen (secondary N) is 3. The number of benzene rings is 2. The Morgan fingerprint density at radius 3 is 2.32 bits per heavy atom. The molecule has 8 nitrogen and oxygen atoms in total. The van der Waals surface area contributed by atoms with Gasteiger partial charge in [0.25, 0.3) is 0 Å². The molecule has 0 radical (unpaired) electrons. The van der Waals surface area contributed by atoms with Crippen LogP contribution in [0.25, 0.3) is 0 Å². The Morgan fingerprint density at radius 1 is 1.00 bits per heavy atom. The van der Waals surface area contributed by atoms with Gasteiger partial charge in [-0.05, 0) is 68.2 Å². The van der Waals surface area contributed by atoms with Gasteiger partial charge < -0.3 is 21.1 Å². The van der Waals surface area contributed by atoms with E-state index in [-0.39, 0.29) is 29.5 Å². The molecule has 1 amide bonds. The number of aromatic nitrogens is 2. The van der Waals surface area contributed by atoms with Gasteiger partial charge in [0.2, 0.25) is 5.91 Å². The molecule has 3 aromatic rings. The third kappa shape index (κ3) is 5.58. The van der Waals surface area contributed by atoms with Crippen LogP contribution >= 0.6 is 0 Å². The topological polar surface area (TPSA) is 126 Å². The van der Waals surface area contributed by atoms with E-state index in [1.807, 2.05) is 54.6 Å². The Hall–Kier alpha value is -4.20. The monoisotopic (exact) mass is 456 g/mol. The molecule has 0 saturated heterocycles. The van der Waals surface area contributed by atoms with Gasteiger partial charge in [0.05, 0.1) is 11.3 Å². The zero-order valence-corrected chi connectivity index (χ0v) is 18.8. The van der Waals surface area contributed by atoms with Gasteiger partial charge in [0.1, 0.15) is 29.5 Å². The molecule has 1 aromatic heterocycles. The molecule has 0 aliphatic heterocycles.